The summed E-state index contributed by atoms with van der Waals surface area (Å²) in [4.78, 5) is 11.5. The van der Waals surface area contributed by atoms with Gasteiger partial charge in [-0.1, -0.05) is 65.2 Å². The van der Waals surface area contributed by atoms with Gasteiger partial charge in [0.25, 0.3) is 0 Å². The molecule has 17 heavy (non-hydrogen) atoms. The quantitative estimate of drug-likeness (QED) is 0.465. The van der Waals surface area contributed by atoms with Gasteiger partial charge in [0, 0.05) is 6.54 Å². The predicted molar refractivity (Wildman–Crippen MR) is 75.3 cm³/mol. The third-order valence-electron chi connectivity index (χ3n) is 2.66. The maximum absolute atomic E-state index is 11.5. The Hall–Kier alpha value is -0.380. The summed E-state index contributed by atoms with van der Waals surface area (Å²) in [5, 5.41) is 0. The Morgan fingerprint density at radius 2 is 1.59 bits per heavy atom. The number of ether oxygens (including phenoxy) is 1. The highest BCUT2D eigenvalue weighted by molar-refractivity contribution is 7.78. The van der Waals surface area contributed by atoms with E-state index in [-0.39, 0.29) is 6.09 Å². The number of hydrogen-bond acceptors (Lipinski definition) is 3. The topological polar surface area (TPSA) is 29.5 Å². The largest absolute Gasteiger partial charge is 0.449 e. The van der Waals surface area contributed by atoms with Gasteiger partial charge >= 0.3 is 6.09 Å². The fourth-order valence-corrected chi connectivity index (χ4v) is 1.74. The number of hydrogen-bond donors (Lipinski definition) is 1. The van der Waals surface area contributed by atoms with Gasteiger partial charge in [-0.3, -0.25) is 4.31 Å². The van der Waals surface area contributed by atoms with Crippen LogP contribution in [0.3, 0.4) is 0 Å². The van der Waals surface area contributed by atoms with Gasteiger partial charge in [0.2, 0.25) is 0 Å². The molecule has 0 saturated carbocycles. The van der Waals surface area contributed by atoms with E-state index in [9.17, 15) is 4.79 Å². The molecule has 0 radical (unpaired) electrons. The van der Waals surface area contributed by atoms with Crippen molar-refractivity contribution in [2.75, 3.05) is 13.2 Å². The van der Waals surface area contributed by atoms with Crippen molar-refractivity contribution < 1.29 is 9.53 Å². The van der Waals surface area contributed by atoms with Gasteiger partial charge in [0.05, 0.1) is 6.61 Å². The fourth-order valence-electron chi connectivity index (χ4n) is 1.54. The van der Waals surface area contributed by atoms with E-state index in [0.717, 1.165) is 25.7 Å². The second-order valence-corrected chi connectivity index (χ2v) is 4.84. The number of thiol groups is 1. The minimum Gasteiger partial charge on any atom is -0.449 e. The second kappa shape index (κ2) is 12.1. The smallest absolute Gasteiger partial charge is 0.419 e. The third-order valence-corrected chi connectivity index (χ3v) is 3.02. The summed E-state index contributed by atoms with van der Waals surface area (Å²) >= 11 is 4.13. The zero-order chi connectivity index (χ0) is 12.9. The zero-order valence-corrected chi connectivity index (χ0v) is 12.2. The molecule has 0 aromatic carbocycles. The average Bonchev–Trinajstić information content (AvgIpc) is 2.34. The van der Waals surface area contributed by atoms with Crippen LogP contribution in [-0.4, -0.2) is 23.6 Å². The lowest BCUT2D eigenvalue weighted by Gasteiger charge is -2.15. The fraction of sp³-hybridized carbons (Fsp3) is 0.923. The van der Waals surface area contributed by atoms with Gasteiger partial charge in [0.15, 0.2) is 0 Å². The minimum absolute atomic E-state index is 0.304. The molecule has 1 amide bonds. The van der Waals surface area contributed by atoms with Crippen LogP contribution in [0.4, 0.5) is 4.79 Å². The molecule has 102 valence electrons. The standard InChI is InChI=1S/C13H27NO2S/c1-3-5-7-9-11-14(17)13(15)16-12-10-8-6-4-2/h17H,3-12H2,1-2H3. The molecule has 3 nitrogen and oxygen atoms in total. The van der Waals surface area contributed by atoms with Crippen LogP contribution in [-0.2, 0) is 4.74 Å². The molecule has 0 aliphatic heterocycles. The number of rotatable bonds is 10. The van der Waals surface area contributed by atoms with E-state index in [1.807, 2.05) is 0 Å². The van der Waals surface area contributed by atoms with E-state index in [0.29, 0.717) is 13.2 Å². The molecule has 0 N–H and O–H groups in total. The summed E-state index contributed by atoms with van der Waals surface area (Å²) in [6, 6.07) is 0. The van der Waals surface area contributed by atoms with Gasteiger partial charge in [-0.25, -0.2) is 4.79 Å². The number of amides is 1. The van der Waals surface area contributed by atoms with Crippen LogP contribution in [0.1, 0.15) is 65.2 Å². The summed E-state index contributed by atoms with van der Waals surface area (Å²) in [5.41, 5.74) is 0. The Kier molecular flexibility index (Phi) is 11.8. The maximum atomic E-state index is 11.5. The molecule has 0 fully saturated rings. The molecule has 0 aliphatic carbocycles. The average molecular weight is 261 g/mol. The predicted octanol–water partition coefficient (Wildman–Crippen LogP) is 4.43. The lowest BCUT2D eigenvalue weighted by molar-refractivity contribution is 0.126. The summed E-state index contributed by atoms with van der Waals surface area (Å²) < 4.78 is 6.50. The highest BCUT2D eigenvalue weighted by Gasteiger charge is 2.09. The van der Waals surface area contributed by atoms with Gasteiger partial charge in [0.1, 0.15) is 0 Å². The van der Waals surface area contributed by atoms with Crippen molar-refractivity contribution in [3.8, 4) is 0 Å². The van der Waals surface area contributed by atoms with Crippen molar-refractivity contribution >= 4 is 18.9 Å². The van der Waals surface area contributed by atoms with Crippen LogP contribution in [0, 0.1) is 0 Å². The van der Waals surface area contributed by atoms with E-state index in [2.05, 4.69) is 26.7 Å². The summed E-state index contributed by atoms with van der Waals surface area (Å²) in [5.74, 6) is 0. The highest BCUT2D eigenvalue weighted by Crippen LogP contribution is 2.06. The molecule has 0 bridgehead atoms. The first-order valence-electron chi connectivity index (χ1n) is 6.85. The Morgan fingerprint density at radius 3 is 2.18 bits per heavy atom. The van der Waals surface area contributed by atoms with Crippen molar-refractivity contribution in [1.29, 1.82) is 0 Å². The zero-order valence-electron chi connectivity index (χ0n) is 11.3. The molecule has 0 unspecified atom stereocenters. The van der Waals surface area contributed by atoms with Crippen molar-refractivity contribution in [3.05, 3.63) is 0 Å². The summed E-state index contributed by atoms with van der Waals surface area (Å²) in [7, 11) is 0. The molecule has 0 rings (SSSR count). The normalized spacial score (nSPS) is 10.3. The van der Waals surface area contributed by atoms with Gasteiger partial charge in [-0.15, -0.1) is 0 Å². The molecule has 0 spiro atoms. The van der Waals surface area contributed by atoms with Gasteiger partial charge in [-0.2, -0.15) is 0 Å². The van der Waals surface area contributed by atoms with Crippen LogP contribution in [0.5, 0.6) is 0 Å². The summed E-state index contributed by atoms with van der Waals surface area (Å²) in [6.45, 7) is 5.53. The minimum atomic E-state index is -0.304. The third kappa shape index (κ3) is 10.5. The Labute approximate surface area is 111 Å². The number of unbranched alkanes of at least 4 members (excludes halogenated alkanes) is 6. The van der Waals surface area contributed by atoms with Gasteiger partial charge in [-0.05, 0) is 12.8 Å². The second-order valence-electron chi connectivity index (χ2n) is 4.36. The van der Waals surface area contributed by atoms with E-state index >= 15 is 0 Å². The molecule has 0 saturated heterocycles. The molecular weight excluding hydrogens is 234 g/mol. The molecular formula is C13H27NO2S. The number of carbonyl (C=O) groups excluding carboxylic acids is 1. The first-order chi connectivity index (χ1) is 8.22. The molecule has 0 atom stereocenters. The van der Waals surface area contributed by atoms with E-state index in [4.69, 9.17) is 4.74 Å². The highest BCUT2D eigenvalue weighted by atomic mass is 32.1. The summed E-state index contributed by atoms with van der Waals surface area (Å²) in [6.07, 6.45) is 8.76. The number of nitrogens with zero attached hydrogens (tertiary/aromatic N) is 1. The first kappa shape index (κ1) is 16.6. The van der Waals surface area contributed by atoms with Crippen molar-refractivity contribution in [1.82, 2.24) is 4.31 Å². The maximum Gasteiger partial charge on any atom is 0.419 e. The lowest BCUT2D eigenvalue weighted by atomic mass is 10.2. The van der Waals surface area contributed by atoms with Crippen molar-refractivity contribution in [3.63, 3.8) is 0 Å². The molecule has 0 aromatic rings. The Bertz CT molecular complexity index is 188. The van der Waals surface area contributed by atoms with E-state index < -0.39 is 0 Å². The monoisotopic (exact) mass is 261 g/mol. The van der Waals surface area contributed by atoms with Crippen molar-refractivity contribution in [2.45, 2.75) is 65.2 Å². The van der Waals surface area contributed by atoms with Crippen molar-refractivity contribution in [2.24, 2.45) is 0 Å². The van der Waals surface area contributed by atoms with Crippen LogP contribution in [0.2, 0.25) is 0 Å². The molecule has 4 heteroatoms. The lowest BCUT2D eigenvalue weighted by Crippen LogP contribution is -2.24. The Morgan fingerprint density at radius 1 is 1.00 bits per heavy atom. The van der Waals surface area contributed by atoms with Crippen LogP contribution < -0.4 is 0 Å². The Balaban J connectivity index is 3.40. The molecule has 0 heterocycles. The van der Waals surface area contributed by atoms with Crippen LogP contribution >= 0.6 is 12.8 Å². The van der Waals surface area contributed by atoms with E-state index in [1.165, 1.54) is 30.0 Å². The first-order valence-corrected chi connectivity index (χ1v) is 7.25. The molecule has 0 aromatic heterocycles. The SMILES string of the molecule is CCCCCCOC(=O)N(S)CCCCCC. The molecule has 0 aliphatic rings. The van der Waals surface area contributed by atoms with Gasteiger partial charge < -0.3 is 4.74 Å². The van der Waals surface area contributed by atoms with Crippen LogP contribution in [0.15, 0.2) is 0 Å². The van der Waals surface area contributed by atoms with Crippen LogP contribution in [0.25, 0.3) is 0 Å². The van der Waals surface area contributed by atoms with E-state index in [1.54, 1.807) is 0 Å². The number of carbonyl (C=O) groups is 1.